The van der Waals surface area contributed by atoms with Gasteiger partial charge in [0.25, 0.3) is 0 Å². The number of halogens is 1. The molecule has 3 heteroatoms. The van der Waals surface area contributed by atoms with Crippen LogP contribution in [-0.2, 0) is 17.3 Å². The summed E-state index contributed by atoms with van der Waals surface area (Å²) in [6, 6.07) is 27.0. The normalized spacial score (nSPS) is 10.3. The van der Waals surface area contributed by atoms with Crippen LogP contribution in [0.4, 0.5) is 0 Å². The molecule has 0 aliphatic carbocycles. The second-order valence-electron chi connectivity index (χ2n) is 5.84. The molecule has 0 spiro atoms. The summed E-state index contributed by atoms with van der Waals surface area (Å²) in [7, 11) is 4.13. The molecule has 3 aromatic rings. The van der Waals surface area contributed by atoms with Gasteiger partial charge in [0.1, 0.15) is 0 Å². The van der Waals surface area contributed by atoms with Gasteiger partial charge in [0.15, 0.2) is 0 Å². The molecule has 0 radical (unpaired) electrons. The maximum atomic E-state index is 4.61. The molecular formula is C21H22ClPRu. The van der Waals surface area contributed by atoms with E-state index in [4.69, 9.17) is 0 Å². The Morgan fingerprint density at radius 2 is 0.708 bits per heavy atom. The maximum absolute atomic E-state index is 4.61. The van der Waals surface area contributed by atoms with Crippen molar-refractivity contribution in [1.29, 1.82) is 0 Å². The van der Waals surface area contributed by atoms with Gasteiger partial charge in [-0.05, 0) is 44.6 Å². The third-order valence-electron chi connectivity index (χ3n) is 3.88. The predicted molar refractivity (Wildman–Crippen MR) is 107 cm³/mol. The third kappa shape index (κ3) is 5.00. The number of aryl methyl sites for hydroxylation is 3. The molecule has 0 aliphatic heterocycles. The van der Waals surface area contributed by atoms with Crippen molar-refractivity contribution >= 4 is 33.5 Å². The average molecular weight is 442 g/mol. The second kappa shape index (κ2) is 9.48. The zero-order valence-corrected chi connectivity index (χ0v) is 17.6. The van der Waals surface area contributed by atoms with Gasteiger partial charge in [-0.25, -0.2) is 0 Å². The molecule has 0 aliphatic rings. The van der Waals surface area contributed by atoms with Crippen molar-refractivity contribution in [3.63, 3.8) is 0 Å². The quantitative estimate of drug-likeness (QED) is 0.405. The van der Waals surface area contributed by atoms with Gasteiger partial charge in [0.05, 0.1) is 0 Å². The van der Waals surface area contributed by atoms with Gasteiger partial charge in [0.2, 0.25) is 0 Å². The molecule has 0 heterocycles. The van der Waals surface area contributed by atoms with Crippen molar-refractivity contribution in [2.75, 3.05) is 0 Å². The summed E-state index contributed by atoms with van der Waals surface area (Å²) < 4.78 is 0. The van der Waals surface area contributed by atoms with Gasteiger partial charge in [-0.2, -0.15) is 0 Å². The van der Waals surface area contributed by atoms with Crippen LogP contribution in [0.2, 0.25) is 0 Å². The Bertz CT molecular complexity index is 641. The van der Waals surface area contributed by atoms with Crippen LogP contribution >= 0.6 is 17.6 Å². The summed E-state index contributed by atoms with van der Waals surface area (Å²) in [4.78, 5) is 0. The van der Waals surface area contributed by atoms with E-state index in [1.807, 2.05) is 0 Å². The summed E-state index contributed by atoms with van der Waals surface area (Å²) in [5.41, 5.74) is 3.93. The zero-order valence-electron chi connectivity index (χ0n) is 14.1. The van der Waals surface area contributed by atoms with E-state index in [-0.39, 0.29) is 0 Å². The summed E-state index contributed by atoms with van der Waals surface area (Å²) in [5, 5.41) is 4.23. The van der Waals surface area contributed by atoms with Crippen molar-refractivity contribution in [3.05, 3.63) is 89.5 Å². The molecule has 0 nitrogen and oxygen atoms in total. The SMILES string of the molecule is Cc1ccc(P(c2ccc(C)cc2)c2ccc(C)cc2)cc1.[Cl][RuH]. The van der Waals surface area contributed by atoms with E-state index in [2.05, 4.69) is 103 Å². The molecule has 0 saturated carbocycles. The van der Waals surface area contributed by atoms with E-state index in [1.165, 1.54) is 32.6 Å². The van der Waals surface area contributed by atoms with Crippen LogP contribution in [0.5, 0.6) is 0 Å². The van der Waals surface area contributed by atoms with E-state index in [1.54, 1.807) is 17.3 Å². The monoisotopic (exact) mass is 442 g/mol. The van der Waals surface area contributed by atoms with E-state index < -0.39 is 7.92 Å². The van der Waals surface area contributed by atoms with Crippen LogP contribution in [-0.4, -0.2) is 0 Å². The molecule has 24 heavy (non-hydrogen) atoms. The number of hydrogen-bond acceptors (Lipinski definition) is 0. The number of hydrogen-bond donors (Lipinski definition) is 0. The van der Waals surface area contributed by atoms with Gasteiger partial charge in [-0.1, -0.05) is 89.5 Å². The van der Waals surface area contributed by atoms with Gasteiger partial charge in [-0.15, -0.1) is 0 Å². The summed E-state index contributed by atoms with van der Waals surface area (Å²) >= 11 is 1.62. The third-order valence-corrected chi connectivity index (χ3v) is 6.32. The van der Waals surface area contributed by atoms with Gasteiger partial charge >= 0.3 is 27.0 Å². The Labute approximate surface area is 160 Å². The van der Waals surface area contributed by atoms with Crippen molar-refractivity contribution in [3.8, 4) is 0 Å². The van der Waals surface area contributed by atoms with E-state index >= 15 is 0 Å². The zero-order chi connectivity index (χ0) is 17.5. The van der Waals surface area contributed by atoms with E-state index in [0.717, 1.165) is 0 Å². The minimum absolute atomic E-state index is 0.483. The molecule has 0 atom stereocenters. The second-order valence-corrected chi connectivity index (χ2v) is 8.06. The molecule has 0 N–H and O–H groups in total. The Morgan fingerprint density at radius 3 is 0.917 bits per heavy atom. The van der Waals surface area contributed by atoms with Crippen LogP contribution < -0.4 is 15.9 Å². The molecule has 0 amide bonds. The summed E-state index contributed by atoms with van der Waals surface area (Å²) in [6.07, 6.45) is 0. The molecule has 0 unspecified atom stereocenters. The van der Waals surface area contributed by atoms with Gasteiger partial charge in [-0.3, -0.25) is 0 Å². The molecule has 0 bridgehead atoms. The first-order valence-corrected chi connectivity index (χ1v) is 11.5. The number of benzene rings is 3. The number of rotatable bonds is 3. The molecule has 0 saturated heterocycles. The van der Waals surface area contributed by atoms with E-state index in [9.17, 15) is 0 Å². The fourth-order valence-electron chi connectivity index (χ4n) is 2.53. The van der Waals surface area contributed by atoms with E-state index in [0.29, 0.717) is 0 Å². The molecular weight excluding hydrogens is 420 g/mol. The summed E-state index contributed by atoms with van der Waals surface area (Å²) in [5.74, 6) is 0. The Balaban J connectivity index is 0.00000100. The van der Waals surface area contributed by atoms with Gasteiger partial charge < -0.3 is 0 Å². The predicted octanol–water partition coefficient (Wildman–Crippen LogP) is 4.79. The first-order valence-electron chi connectivity index (χ1n) is 7.78. The topological polar surface area (TPSA) is 0 Å². The Hall–Kier alpha value is -0.997. The molecule has 0 aromatic heterocycles. The first kappa shape index (κ1) is 19.3. The van der Waals surface area contributed by atoms with Crippen LogP contribution in [0.15, 0.2) is 72.8 Å². The van der Waals surface area contributed by atoms with Crippen LogP contribution in [0.3, 0.4) is 0 Å². The molecule has 3 rings (SSSR count). The first-order chi connectivity index (χ1) is 11.6. The van der Waals surface area contributed by atoms with Crippen LogP contribution in [0.25, 0.3) is 0 Å². The molecule has 3 aromatic carbocycles. The standard InChI is InChI=1S/C21H21P.ClH.Ru.H/c1-16-4-10-19(11-5-16)22(20-12-6-17(2)7-13-20)21-14-8-18(3)9-15-21;;;/h4-15H,1-3H3;1H;;/q;;+1;/p-1. The van der Waals surface area contributed by atoms with Crippen molar-refractivity contribution < 1.29 is 17.3 Å². The average Bonchev–Trinajstić information content (AvgIpc) is 2.62. The molecule has 0 fully saturated rings. The van der Waals surface area contributed by atoms with Crippen molar-refractivity contribution in [2.45, 2.75) is 20.8 Å². The van der Waals surface area contributed by atoms with Crippen LogP contribution in [0.1, 0.15) is 16.7 Å². The fourth-order valence-corrected chi connectivity index (χ4v) is 4.76. The van der Waals surface area contributed by atoms with Crippen molar-refractivity contribution in [2.24, 2.45) is 0 Å². The van der Waals surface area contributed by atoms with Crippen molar-refractivity contribution in [1.82, 2.24) is 0 Å². The molecule has 126 valence electrons. The minimum atomic E-state index is -0.483. The fraction of sp³-hybridized carbons (Fsp3) is 0.143. The Kier molecular flexibility index (Phi) is 7.63. The Morgan fingerprint density at radius 1 is 0.500 bits per heavy atom. The van der Waals surface area contributed by atoms with Gasteiger partial charge in [0, 0.05) is 0 Å². The summed E-state index contributed by atoms with van der Waals surface area (Å²) in [6.45, 7) is 6.43. The van der Waals surface area contributed by atoms with Crippen LogP contribution in [0, 0.1) is 20.8 Å².